The van der Waals surface area contributed by atoms with Crippen molar-refractivity contribution in [3.8, 4) is 11.1 Å². The van der Waals surface area contributed by atoms with Crippen LogP contribution < -0.4 is 10.6 Å². The van der Waals surface area contributed by atoms with Gasteiger partial charge in [-0.1, -0.05) is 48.5 Å². The predicted molar refractivity (Wildman–Crippen MR) is 115 cm³/mol. The van der Waals surface area contributed by atoms with Gasteiger partial charge in [-0.15, -0.1) is 0 Å². The molecular weight excluding hydrogens is 453 g/mol. The average molecular weight is 476 g/mol. The Labute approximate surface area is 193 Å². The first-order valence-corrected chi connectivity index (χ1v) is 10.8. The summed E-state index contributed by atoms with van der Waals surface area (Å²) in [4.78, 5) is 35.3. The number of hydrogen-bond acceptors (Lipinski definition) is 4. The van der Waals surface area contributed by atoms with Crippen molar-refractivity contribution in [3.63, 3.8) is 0 Å². The first kappa shape index (κ1) is 23.6. The van der Waals surface area contributed by atoms with Crippen LogP contribution >= 0.6 is 0 Å². The molecule has 2 aromatic carbocycles. The number of amides is 2. The third-order valence-corrected chi connectivity index (χ3v) is 6.16. The van der Waals surface area contributed by atoms with Crippen LogP contribution in [0.5, 0.6) is 0 Å². The lowest BCUT2D eigenvalue weighted by Crippen LogP contribution is -2.44. The van der Waals surface area contributed by atoms with E-state index < -0.39 is 42.5 Å². The summed E-state index contributed by atoms with van der Waals surface area (Å²) in [6.45, 7) is 0.234. The number of nitrogens with one attached hydrogen (secondary N) is 2. The zero-order valence-electron chi connectivity index (χ0n) is 18.0. The number of fused-ring (bicyclic) bond motifs is 3. The van der Waals surface area contributed by atoms with Gasteiger partial charge in [0.15, 0.2) is 0 Å². The van der Waals surface area contributed by atoms with Crippen LogP contribution in [0.25, 0.3) is 11.1 Å². The van der Waals surface area contributed by atoms with Crippen molar-refractivity contribution < 1.29 is 37.4 Å². The van der Waals surface area contributed by atoms with E-state index in [0.29, 0.717) is 6.42 Å². The number of ether oxygens (including phenoxy) is 1. The minimum atomic E-state index is -4.72. The van der Waals surface area contributed by atoms with E-state index in [1.54, 1.807) is 0 Å². The molecule has 3 atom stereocenters. The number of hydrogen-bond donors (Lipinski definition) is 3. The Bertz CT molecular complexity index is 1060. The normalized spacial score (nSPS) is 19.5. The number of rotatable bonds is 8. The molecule has 34 heavy (non-hydrogen) atoms. The van der Waals surface area contributed by atoms with Crippen LogP contribution in [-0.4, -0.2) is 48.4 Å². The van der Waals surface area contributed by atoms with Crippen molar-refractivity contribution in [3.05, 3.63) is 59.7 Å². The van der Waals surface area contributed by atoms with Crippen molar-refractivity contribution in [2.24, 2.45) is 11.8 Å². The fraction of sp³-hybridized carbons (Fsp3) is 0.375. The molecule has 0 aromatic heterocycles. The number of alkyl carbamates (subject to hydrolysis) is 1. The Morgan fingerprint density at radius 2 is 1.62 bits per heavy atom. The summed E-state index contributed by atoms with van der Waals surface area (Å²) in [6, 6.07) is 13.8. The first-order valence-electron chi connectivity index (χ1n) is 10.8. The van der Waals surface area contributed by atoms with E-state index in [0.717, 1.165) is 22.3 Å². The second-order valence-corrected chi connectivity index (χ2v) is 8.53. The molecule has 10 heteroatoms. The highest BCUT2D eigenvalue weighted by Crippen LogP contribution is 2.44. The Balaban J connectivity index is 1.24. The number of halogens is 3. The molecule has 0 bridgehead atoms. The van der Waals surface area contributed by atoms with E-state index in [4.69, 9.17) is 9.84 Å². The summed E-state index contributed by atoms with van der Waals surface area (Å²) in [6.07, 6.45) is -6.68. The standard InChI is InChI=1S/C24H23F3N2O5/c25-24(26,27)10-20(22(31)32)29-21(30)18-9-13(18)11-28-23(33)34-12-19-16-7-3-1-5-14(16)15-6-2-4-8-17(15)19/h1-8,13,18-20H,9-12H2,(H,28,33)(H,29,30)(H,31,32). The van der Waals surface area contributed by atoms with Gasteiger partial charge in [-0.05, 0) is 34.6 Å². The van der Waals surface area contributed by atoms with Crippen LogP contribution in [0.15, 0.2) is 48.5 Å². The highest BCUT2D eigenvalue weighted by molar-refractivity contribution is 5.87. The molecule has 0 saturated heterocycles. The summed E-state index contributed by atoms with van der Waals surface area (Å²) in [5.41, 5.74) is 4.35. The molecule has 1 fully saturated rings. The van der Waals surface area contributed by atoms with E-state index in [9.17, 15) is 27.6 Å². The summed E-state index contributed by atoms with van der Waals surface area (Å²) in [5.74, 6) is -3.56. The summed E-state index contributed by atoms with van der Waals surface area (Å²) in [7, 11) is 0. The Hall–Kier alpha value is -3.56. The van der Waals surface area contributed by atoms with Crippen LogP contribution in [0.3, 0.4) is 0 Å². The second-order valence-electron chi connectivity index (χ2n) is 8.53. The lowest BCUT2D eigenvalue weighted by Gasteiger charge is -2.16. The molecule has 1 saturated carbocycles. The van der Waals surface area contributed by atoms with Gasteiger partial charge in [0.05, 0.1) is 6.42 Å². The van der Waals surface area contributed by atoms with E-state index >= 15 is 0 Å². The molecule has 0 radical (unpaired) electrons. The van der Waals surface area contributed by atoms with Gasteiger partial charge < -0.3 is 20.5 Å². The van der Waals surface area contributed by atoms with E-state index in [-0.39, 0.29) is 25.0 Å². The van der Waals surface area contributed by atoms with Crippen LogP contribution in [0.2, 0.25) is 0 Å². The van der Waals surface area contributed by atoms with Gasteiger partial charge in [0.1, 0.15) is 12.6 Å². The molecule has 2 aliphatic carbocycles. The van der Waals surface area contributed by atoms with Gasteiger partial charge in [0.2, 0.25) is 5.91 Å². The van der Waals surface area contributed by atoms with Gasteiger partial charge in [-0.2, -0.15) is 13.2 Å². The van der Waals surface area contributed by atoms with Crippen molar-refractivity contribution in [1.29, 1.82) is 0 Å². The number of carboxylic acids is 1. The first-order chi connectivity index (χ1) is 16.1. The number of carboxylic acid groups (broad SMARTS) is 1. The fourth-order valence-corrected chi connectivity index (χ4v) is 4.37. The minimum Gasteiger partial charge on any atom is -0.480 e. The molecule has 0 heterocycles. The van der Waals surface area contributed by atoms with Gasteiger partial charge in [-0.3, -0.25) is 4.79 Å². The highest BCUT2D eigenvalue weighted by Gasteiger charge is 2.45. The lowest BCUT2D eigenvalue weighted by molar-refractivity contribution is -0.160. The maximum Gasteiger partial charge on any atom is 0.407 e. The Morgan fingerprint density at radius 1 is 1.03 bits per heavy atom. The number of alkyl halides is 3. The number of aliphatic carboxylic acids is 1. The molecule has 3 unspecified atom stereocenters. The lowest BCUT2D eigenvalue weighted by atomic mass is 9.98. The van der Waals surface area contributed by atoms with Crippen LogP contribution in [0.4, 0.5) is 18.0 Å². The third-order valence-electron chi connectivity index (χ3n) is 6.16. The topological polar surface area (TPSA) is 105 Å². The predicted octanol–water partition coefficient (Wildman–Crippen LogP) is 3.68. The molecule has 2 aliphatic rings. The molecule has 0 aliphatic heterocycles. The van der Waals surface area contributed by atoms with Crippen molar-refractivity contribution in [2.75, 3.05) is 13.2 Å². The van der Waals surface area contributed by atoms with Crippen LogP contribution in [-0.2, 0) is 14.3 Å². The molecule has 180 valence electrons. The Kier molecular flexibility index (Phi) is 6.49. The molecule has 2 aromatic rings. The molecule has 0 spiro atoms. The third kappa shape index (κ3) is 5.32. The summed E-state index contributed by atoms with van der Waals surface area (Å²) in [5, 5.41) is 13.4. The van der Waals surface area contributed by atoms with E-state index in [2.05, 4.69) is 5.32 Å². The van der Waals surface area contributed by atoms with E-state index in [1.165, 1.54) is 0 Å². The van der Waals surface area contributed by atoms with Gasteiger partial charge >= 0.3 is 18.2 Å². The second kappa shape index (κ2) is 9.36. The van der Waals surface area contributed by atoms with E-state index in [1.807, 2.05) is 53.8 Å². The number of carbonyl (C=O) groups is 3. The van der Waals surface area contributed by atoms with Crippen molar-refractivity contribution in [2.45, 2.75) is 31.0 Å². The van der Waals surface area contributed by atoms with Crippen molar-refractivity contribution >= 4 is 18.0 Å². The monoisotopic (exact) mass is 476 g/mol. The molecule has 3 N–H and O–H groups in total. The smallest absolute Gasteiger partial charge is 0.407 e. The van der Waals surface area contributed by atoms with Crippen LogP contribution in [0, 0.1) is 11.8 Å². The largest absolute Gasteiger partial charge is 0.480 e. The summed E-state index contributed by atoms with van der Waals surface area (Å²) < 4.78 is 42.9. The summed E-state index contributed by atoms with van der Waals surface area (Å²) >= 11 is 0. The zero-order chi connectivity index (χ0) is 24.5. The maximum absolute atomic E-state index is 12.5. The Morgan fingerprint density at radius 3 is 2.18 bits per heavy atom. The number of carbonyl (C=O) groups excluding carboxylic acids is 2. The minimum absolute atomic E-state index is 0.0980. The molecule has 7 nitrogen and oxygen atoms in total. The quantitative estimate of drug-likeness (QED) is 0.539. The van der Waals surface area contributed by atoms with Crippen molar-refractivity contribution in [1.82, 2.24) is 10.6 Å². The van der Waals surface area contributed by atoms with Crippen LogP contribution in [0.1, 0.15) is 29.9 Å². The van der Waals surface area contributed by atoms with Gasteiger partial charge in [0, 0.05) is 18.4 Å². The highest BCUT2D eigenvalue weighted by atomic mass is 19.4. The fourth-order valence-electron chi connectivity index (χ4n) is 4.37. The van der Waals surface area contributed by atoms with Gasteiger partial charge in [0.25, 0.3) is 0 Å². The number of benzene rings is 2. The molecule has 4 rings (SSSR count). The maximum atomic E-state index is 12.5. The van der Waals surface area contributed by atoms with Gasteiger partial charge in [-0.25, -0.2) is 9.59 Å². The SMILES string of the molecule is O=C(NCC1CC1C(=O)NC(CC(F)(F)F)C(=O)O)OCC1c2ccccc2-c2ccccc21. The average Bonchev–Trinajstić information content (AvgIpc) is 3.50. The molecular formula is C24H23F3N2O5. The molecule has 2 amide bonds. The zero-order valence-corrected chi connectivity index (χ0v) is 18.0.